The fourth-order valence-corrected chi connectivity index (χ4v) is 2.31. The SMILES string of the molecule is CCc1ccc(C(C)=O)c(OCC(=O)Nc2ccccc2C(=O)O)c1. The van der Waals surface area contributed by atoms with Gasteiger partial charge in [-0.2, -0.15) is 0 Å². The lowest BCUT2D eigenvalue weighted by molar-refractivity contribution is -0.118. The number of carboxylic acids is 1. The van der Waals surface area contributed by atoms with Gasteiger partial charge >= 0.3 is 5.97 Å². The molecule has 0 saturated heterocycles. The van der Waals surface area contributed by atoms with Crippen LogP contribution in [0.5, 0.6) is 5.75 Å². The predicted molar refractivity (Wildman–Crippen MR) is 93.4 cm³/mol. The normalized spacial score (nSPS) is 10.2. The molecule has 2 aromatic carbocycles. The van der Waals surface area contributed by atoms with E-state index in [0.717, 1.165) is 12.0 Å². The van der Waals surface area contributed by atoms with Gasteiger partial charge in [-0.25, -0.2) is 4.79 Å². The van der Waals surface area contributed by atoms with Gasteiger partial charge in [0.15, 0.2) is 12.4 Å². The highest BCUT2D eigenvalue weighted by atomic mass is 16.5. The van der Waals surface area contributed by atoms with Crippen molar-refractivity contribution in [2.45, 2.75) is 20.3 Å². The molecular formula is C19H19NO5. The van der Waals surface area contributed by atoms with Crippen LogP contribution in [-0.2, 0) is 11.2 Å². The summed E-state index contributed by atoms with van der Waals surface area (Å²) in [6.07, 6.45) is 0.771. The predicted octanol–water partition coefficient (Wildman–Crippen LogP) is 3.17. The number of carbonyl (C=O) groups excluding carboxylic acids is 2. The molecule has 1 amide bonds. The zero-order valence-corrected chi connectivity index (χ0v) is 14.0. The van der Waals surface area contributed by atoms with Crippen molar-refractivity contribution in [2.75, 3.05) is 11.9 Å². The third kappa shape index (κ3) is 4.67. The van der Waals surface area contributed by atoms with E-state index in [-0.39, 0.29) is 23.6 Å². The van der Waals surface area contributed by atoms with E-state index in [1.54, 1.807) is 24.3 Å². The number of benzene rings is 2. The van der Waals surface area contributed by atoms with Crippen LogP contribution in [0, 0.1) is 0 Å². The van der Waals surface area contributed by atoms with Crippen molar-refractivity contribution >= 4 is 23.3 Å². The first-order chi connectivity index (χ1) is 11.9. The second-order valence-corrected chi connectivity index (χ2v) is 5.43. The topological polar surface area (TPSA) is 92.7 Å². The Hall–Kier alpha value is -3.15. The number of carboxylic acid groups (broad SMARTS) is 1. The fourth-order valence-electron chi connectivity index (χ4n) is 2.31. The van der Waals surface area contributed by atoms with E-state index < -0.39 is 11.9 Å². The molecule has 0 spiro atoms. The van der Waals surface area contributed by atoms with Crippen molar-refractivity contribution < 1.29 is 24.2 Å². The Kier molecular flexibility index (Phi) is 5.89. The van der Waals surface area contributed by atoms with Crippen LogP contribution in [0.4, 0.5) is 5.69 Å². The Morgan fingerprint density at radius 2 is 1.80 bits per heavy atom. The molecular weight excluding hydrogens is 322 g/mol. The van der Waals surface area contributed by atoms with Crippen molar-refractivity contribution in [1.82, 2.24) is 0 Å². The zero-order chi connectivity index (χ0) is 18.4. The van der Waals surface area contributed by atoms with Crippen molar-refractivity contribution in [3.8, 4) is 5.75 Å². The van der Waals surface area contributed by atoms with Crippen LogP contribution in [-0.4, -0.2) is 29.4 Å². The average Bonchev–Trinajstić information content (AvgIpc) is 2.59. The van der Waals surface area contributed by atoms with E-state index in [2.05, 4.69) is 5.32 Å². The van der Waals surface area contributed by atoms with Gasteiger partial charge in [0.1, 0.15) is 5.75 Å². The molecule has 0 aromatic heterocycles. The first-order valence-electron chi connectivity index (χ1n) is 7.81. The number of para-hydroxylation sites is 1. The van der Waals surface area contributed by atoms with Gasteiger partial charge in [0.2, 0.25) is 0 Å². The Bertz CT molecular complexity index is 813. The van der Waals surface area contributed by atoms with E-state index in [1.807, 2.05) is 13.0 Å². The number of anilines is 1. The summed E-state index contributed by atoms with van der Waals surface area (Å²) in [6.45, 7) is 3.07. The molecule has 25 heavy (non-hydrogen) atoms. The summed E-state index contributed by atoms with van der Waals surface area (Å²) in [5, 5.41) is 11.6. The monoisotopic (exact) mass is 341 g/mol. The first-order valence-corrected chi connectivity index (χ1v) is 7.81. The maximum absolute atomic E-state index is 12.1. The lowest BCUT2D eigenvalue weighted by Crippen LogP contribution is -2.22. The van der Waals surface area contributed by atoms with Gasteiger partial charge in [-0.05, 0) is 43.2 Å². The van der Waals surface area contributed by atoms with Crippen molar-refractivity contribution in [3.05, 3.63) is 59.2 Å². The number of ether oxygens (including phenoxy) is 1. The van der Waals surface area contributed by atoms with Crippen molar-refractivity contribution in [1.29, 1.82) is 0 Å². The molecule has 2 aromatic rings. The van der Waals surface area contributed by atoms with Gasteiger partial charge in [0, 0.05) is 0 Å². The summed E-state index contributed by atoms with van der Waals surface area (Å²) in [7, 11) is 0. The van der Waals surface area contributed by atoms with Crippen LogP contribution in [0.1, 0.15) is 40.1 Å². The lowest BCUT2D eigenvalue weighted by Gasteiger charge is -2.12. The molecule has 0 atom stereocenters. The highest BCUT2D eigenvalue weighted by Gasteiger charge is 2.14. The van der Waals surface area contributed by atoms with Gasteiger partial charge in [-0.15, -0.1) is 0 Å². The summed E-state index contributed by atoms with van der Waals surface area (Å²) < 4.78 is 5.49. The minimum atomic E-state index is -1.13. The number of rotatable bonds is 7. The average molecular weight is 341 g/mol. The van der Waals surface area contributed by atoms with Crippen LogP contribution in [0.2, 0.25) is 0 Å². The Morgan fingerprint density at radius 1 is 1.08 bits per heavy atom. The number of nitrogens with one attached hydrogen (secondary N) is 1. The van der Waals surface area contributed by atoms with Crippen LogP contribution in [0.25, 0.3) is 0 Å². The van der Waals surface area contributed by atoms with E-state index in [4.69, 9.17) is 9.84 Å². The quantitative estimate of drug-likeness (QED) is 0.755. The molecule has 2 rings (SSSR count). The summed E-state index contributed by atoms with van der Waals surface area (Å²) >= 11 is 0. The summed E-state index contributed by atoms with van der Waals surface area (Å²) in [4.78, 5) is 34.9. The van der Waals surface area contributed by atoms with Crippen molar-refractivity contribution in [2.24, 2.45) is 0 Å². The number of amides is 1. The van der Waals surface area contributed by atoms with Gasteiger partial charge in [-0.3, -0.25) is 9.59 Å². The van der Waals surface area contributed by atoms with Crippen LogP contribution < -0.4 is 10.1 Å². The minimum absolute atomic E-state index is 0.00625. The highest BCUT2D eigenvalue weighted by molar-refractivity contribution is 6.01. The maximum Gasteiger partial charge on any atom is 0.337 e. The molecule has 0 bridgehead atoms. The van der Waals surface area contributed by atoms with Gasteiger partial charge in [0.25, 0.3) is 5.91 Å². The molecule has 0 heterocycles. The molecule has 0 aliphatic carbocycles. The summed E-state index contributed by atoms with van der Waals surface area (Å²) in [6, 6.07) is 11.3. The molecule has 0 radical (unpaired) electrons. The highest BCUT2D eigenvalue weighted by Crippen LogP contribution is 2.22. The molecule has 0 aliphatic rings. The largest absolute Gasteiger partial charge is 0.483 e. The number of hydrogen-bond donors (Lipinski definition) is 2. The fraction of sp³-hybridized carbons (Fsp3) is 0.211. The zero-order valence-electron chi connectivity index (χ0n) is 14.0. The number of hydrogen-bond acceptors (Lipinski definition) is 4. The Labute approximate surface area is 145 Å². The number of Topliss-reactive ketones (excluding diaryl/α,β-unsaturated/α-hetero) is 1. The molecule has 6 heteroatoms. The molecule has 0 aliphatic heterocycles. The van der Waals surface area contributed by atoms with Crippen molar-refractivity contribution in [3.63, 3.8) is 0 Å². The van der Waals surface area contributed by atoms with Gasteiger partial charge < -0.3 is 15.2 Å². The first kappa shape index (κ1) is 18.2. The Morgan fingerprint density at radius 3 is 2.44 bits per heavy atom. The number of aryl methyl sites for hydroxylation is 1. The molecule has 0 fully saturated rings. The smallest absolute Gasteiger partial charge is 0.337 e. The number of aromatic carboxylic acids is 1. The third-order valence-electron chi connectivity index (χ3n) is 3.62. The van der Waals surface area contributed by atoms with Crippen LogP contribution in [0.3, 0.4) is 0 Å². The van der Waals surface area contributed by atoms with E-state index >= 15 is 0 Å². The molecule has 130 valence electrons. The summed E-state index contributed by atoms with van der Waals surface area (Å²) in [5.74, 6) is -1.46. The second-order valence-electron chi connectivity index (χ2n) is 5.43. The second kappa shape index (κ2) is 8.10. The standard InChI is InChI=1S/C19H19NO5/c1-3-13-8-9-14(12(2)21)17(10-13)25-11-18(22)20-16-7-5-4-6-15(16)19(23)24/h4-10H,3,11H2,1-2H3,(H,20,22)(H,23,24). The van der Waals surface area contributed by atoms with Gasteiger partial charge in [-0.1, -0.05) is 25.1 Å². The van der Waals surface area contributed by atoms with Crippen LogP contribution in [0.15, 0.2) is 42.5 Å². The summed E-state index contributed by atoms with van der Waals surface area (Å²) in [5.41, 5.74) is 1.57. The maximum atomic E-state index is 12.1. The van der Waals surface area contributed by atoms with E-state index in [0.29, 0.717) is 11.3 Å². The van der Waals surface area contributed by atoms with Gasteiger partial charge in [0.05, 0.1) is 16.8 Å². The molecule has 6 nitrogen and oxygen atoms in total. The third-order valence-corrected chi connectivity index (χ3v) is 3.62. The molecule has 0 saturated carbocycles. The minimum Gasteiger partial charge on any atom is -0.483 e. The molecule has 0 unspecified atom stereocenters. The molecule has 2 N–H and O–H groups in total. The number of carbonyl (C=O) groups is 3. The lowest BCUT2D eigenvalue weighted by atomic mass is 10.1. The number of ketones is 1. The Balaban J connectivity index is 2.10. The van der Waals surface area contributed by atoms with Crippen LogP contribution >= 0.6 is 0 Å². The van der Waals surface area contributed by atoms with E-state index in [9.17, 15) is 14.4 Å². The van der Waals surface area contributed by atoms with E-state index in [1.165, 1.54) is 19.1 Å².